The lowest BCUT2D eigenvalue weighted by Crippen LogP contribution is -2.49. The van der Waals surface area contributed by atoms with E-state index in [0.29, 0.717) is 0 Å². The summed E-state index contributed by atoms with van der Waals surface area (Å²) in [6.45, 7) is -0.279. The van der Waals surface area contributed by atoms with Gasteiger partial charge in [0.15, 0.2) is 0 Å². The molecule has 0 bridgehead atoms. The van der Waals surface area contributed by atoms with Crippen molar-refractivity contribution < 1.29 is 25.2 Å². The van der Waals surface area contributed by atoms with Crippen molar-refractivity contribution in [1.29, 1.82) is 0 Å². The average molecular weight is 192 g/mol. The van der Waals surface area contributed by atoms with Crippen LogP contribution < -0.4 is 0 Å². The smallest absolute Gasteiger partial charge is 0.106 e. The Balaban J connectivity index is 2.50. The zero-order chi connectivity index (χ0) is 9.84. The molecule has 1 aliphatic rings. The molecule has 78 valence electrons. The Morgan fingerprint density at radius 3 is 2.46 bits per heavy atom. The summed E-state index contributed by atoms with van der Waals surface area (Å²) in [7, 11) is 0. The highest BCUT2D eigenvalue weighted by Gasteiger charge is 2.35. The van der Waals surface area contributed by atoms with Gasteiger partial charge >= 0.3 is 0 Å². The van der Waals surface area contributed by atoms with Crippen LogP contribution in [0.4, 0.5) is 0 Å². The lowest BCUT2D eigenvalue weighted by Gasteiger charge is -2.36. The Kier molecular flexibility index (Phi) is 4.08. The van der Waals surface area contributed by atoms with Crippen molar-refractivity contribution in [2.24, 2.45) is 0 Å². The van der Waals surface area contributed by atoms with Gasteiger partial charge in [0.2, 0.25) is 0 Å². The van der Waals surface area contributed by atoms with Gasteiger partial charge in [0.25, 0.3) is 0 Å². The van der Waals surface area contributed by atoms with Crippen molar-refractivity contribution in [3.05, 3.63) is 0 Å². The highest BCUT2D eigenvalue weighted by molar-refractivity contribution is 4.84. The van der Waals surface area contributed by atoms with Crippen LogP contribution in [-0.4, -0.2) is 58.1 Å². The zero-order valence-electron chi connectivity index (χ0n) is 7.33. The molecule has 0 saturated carbocycles. The van der Waals surface area contributed by atoms with Crippen molar-refractivity contribution in [2.45, 2.75) is 37.3 Å². The van der Waals surface area contributed by atoms with E-state index in [-0.39, 0.29) is 26.1 Å². The van der Waals surface area contributed by atoms with E-state index in [4.69, 9.17) is 14.9 Å². The minimum Gasteiger partial charge on any atom is -0.396 e. The van der Waals surface area contributed by atoms with Crippen molar-refractivity contribution in [2.75, 3.05) is 13.2 Å². The number of aliphatic hydroxyl groups excluding tert-OH is 4. The normalized spacial score (nSPS) is 40.6. The van der Waals surface area contributed by atoms with Gasteiger partial charge in [-0.05, 0) is 6.42 Å². The Bertz CT molecular complexity index is 151. The molecule has 4 N–H and O–H groups in total. The van der Waals surface area contributed by atoms with Crippen LogP contribution in [-0.2, 0) is 4.74 Å². The fourth-order valence-electron chi connectivity index (χ4n) is 1.52. The molecule has 0 spiro atoms. The number of aliphatic hydroxyl groups is 4. The third kappa shape index (κ3) is 2.62. The molecule has 1 saturated heterocycles. The van der Waals surface area contributed by atoms with E-state index in [1.165, 1.54) is 0 Å². The predicted molar refractivity (Wildman–Crippen MR) is 44.1 cm³/mol. The zero-order valence-corrected chi connectivity index (χ0v) is 7.33. The van der Waals surface area contributed by atoms with E-state index >= 15 is 0 Å². The van der Waals surface area contributed by atoms with Crippen LogP contribution in [0, 0.1) is 0 Å². The molecular weight excluding hydrogens is 176 g/mol. The summed E-state index contributed by atoms with van der Waals surface area (Å²) in [5.74, 6) is 0. The third-order valence-corrected chi connectivity index (χ3v) is 2.26. The first kappa shape index (κ1) is 10.9. The minimum atomic E-state index is -0.963. The van der Waals surface area contributed by atoms with Gasteiger partial charge in [0.05, 0.1) is 24.9 Å². The van der Waals surface area contributed by atoms with E-state index < -0.39 is 24.4 Å². The summed E-state index contributed by atoms with van der Waals surface area (Å²) >= 11 is 0. The van der Waals surface area contributed by atoms with Crippen LogP contribution in [0.15, 0.2) is 0 Å². The van der Waals surface area contributed by atoms with E-state index in [2.05, 4.69) is 0 Å². The van der Waals surface area contributed by atoms with E-state index in [1.54, 1.807) is 0 Å². The van der Waals surface area contributed by atoms with Crippen LogP contribution in [0.1, 0.15) is 12.8 Å². The molecule has 0 aromatic carbocycles. The number of hydrogen-bond acceptors (Lipinski definition) is 5. The quantitative estimate of drug-likeness (QED) is 0.425. The fourth-order valence-corrected chi connectivity index (χ4v) is 1.52. The lowest BCUT2D eigenvalue weighted by molar-refractivity contribution is -0.180. The summed E-state index contributed by atoms with van der Waals surface area (Å²) in [6, 6.07) is 0. The maximum Gasteiger partial charge on any atom is 0.106 e. The van der Waals surface area contributed by atoms with Gasteiger partial charge in [-0.3, -0.25) is 0 Å². The molecule has 0 amide bonds. The Morgan fingerprint density at radius 1 is 1.23 bits per heavy atom. The lowest BCUT2D eigenvalue weighted by atomic mass is 9.96. The minimum absolute atomic E-state index is 0.105. The molecule has 1 aliphatic heterocycles. The standard InChI is InChI=1S/C8H16O5/c9-2-1-7-8(12)6(11)3-5(4-10)13-7/h5-12H,1-4H2/t5?,6-,7-,8?/m0/s1. The van der Waals surface area contributed by atoms with Crippen LogP contribution in [0.25, 0.3) is 0 Å². The van der Waals surface area contributed by atoms with E-state index in [0.717, 1.165) is 0 Å². The second-order valence-electron chi connectivity index (χ2n) is 3.29. The molecular formula is C8H16O5. The molecule has 1 rings (SSSR count). The first-order valence-electron chi connectivity index (χ1n) is 4.42. The van der Waals surface area contributed by atoms with Crippen molar-refractivity contribution in [3.63, 3.8) is 0 Å². The SMILES string of the molecule is OCC[C@@H]1OC(CO)C[C@H](O)C1O. The molecule has 5 nitrogen and oxygen atoms in total. The predicted octanol–water partition coefficient (Wildman–Crippen LogP) is -1.76. The largest absolute Gasteiger partial charge is 0.396 e. The summed E-state index contributed by atoms with van der Waals surface area (Å²) in [6.07, 6.45) is -2.34. The molecule has 0 radical (unpaired) electrons. The molecule has 5 heteroatoms. The van der Waals surface area contributed by atoms with Gasteiger partial charge < -0.3 is 25.2 Å². The summed E-state index contributed by atoms with van der Waals surface area (Å²) in [5.41, 5.74) is 0. The van der Waals surface area contributed by atoms with Gasteiger partial charge in [0, 0.05) is 13.0 Å². The van der Waals surface area contributed by atoms with Gasteiger partial charge in [-0.2, -0.15) is 0 Å². The number of hydrogen-bond donors (Lipinski definition) is 4. The average Bonchev–Trinajstić information content (AvgIpc) is 2.13. The third-order valence-electron chi connectivity index (χ3n) is 2.26. The van der Waals surface area contributed by atoms with Crippen LogP contribution in [0.2, 0.25) is 0 Å². The van der Waals surface area contributed by atoms with Crippen molar-refractivity contribution >= 4 is 0 Å². The maximum absolute atomic E-state index is 9.41. The molecule has 1 heterocycles. The number of ether oxygens (including phenoxy) is 1. The molecule has 4 atom stereocenters. The van der Waals surface area contributed by atoms with Crippen molar-refractivity contribution in [3.8, 4) is 0 Å². The molecule has 13 heavy (non-hydrogen) atoms. The Morgan fingerprint density at radius 2 is 1.92 bits per heavy atom. The second-order valence-corrected chi connectivity index (χ2v) is 3.29. The van der Waals surface area contributed by atoms with Gasteiger partial charge in [-0.1, -0.05) is 0 Å². The van der Waals surface area contributed by atoms with Gasteiger partial charge in [-0.25, -0.2) is 0 Å². The van der Waals surface area contributed by atoms with Crippen LogP contribution in [0.3, 0.4) is 0 Å². The first-order chi connectivity index (χ1) is 6.19. The van der Waals surface area contributed by atoms with Gasteiger partial charge in [-0.15, -0.1) is 0 Å². The summed E-state index contributed by atoms with van der Waals surface area (Å²) in [4.78, 5) is 0. The summed E-state index contributed by atoms with van der Waals surface area (Å²) < 4.78 is 5.24. The molecule has 0 aromatic heterocycles. The topological polar surface area (TPSA) is 90.2 Å². The van der Waals surface area contributed by atoms with Crippen LogP contribution in [0.5, 0.6) is 0 Å². The Hall–Kier alpha value is -0.200. The van der Waals surface area contributed by atoms with E-state index in [1.807, 2.05) is 0 Å². The fraction of sp³-hybridized carbons (Fsp3) is 1.00. The Labute approximate surface area is 76.6 Å². The van der Waals surface area contributed by atoms with Crippen LogP contribution >= 0.6 is 0 Å². The maximum atomic E-state index is 9.41. The summed E-state index contributed by atoms with van der Waals surface area (Å²) in [5, 5.41) is 36.2. The number of rotatable bonds is 3. The van der Waals surface area contributed by atoms with E-state index in [9.17, 15) is 10.2 Å². The monoisotopic (exact) mass is 192 g/mol. The molecule has 0 aromatic rings. The highest BCUT2D eigenvalue weighted by atomic mass is 16.5. The molecule has 2 unspecified atom stereocenters. The first-order valence-corrected chi connectivity index (χ1v) is 4.42. The molecule has 1 fully saturated rings. The van der Waals surface area contributed by atoms with Crippen molar-refractivity contribution in [1.82, 2.24) is 0 Å². The highest BCUT2D eigenvalue weighted by Crippen LogP contribution is 2.21. The molecule has 0 aliphatic carbocycles. The second kappa shape index (κ2) is 4.88. The van der Waals surface area contributed by atoms with Gasteiger partial charge in [0.1, 0.15) is 6.10 Å².